The average molecular weight is 214 g/mol. The molecular weight excluding hydrogens is 205 g/mol. The zero-order valence-electron chi connectivity index (χ0n) is 7.04. The minimum Gasteiger partial charge on any atom is -0.481 e. The maximum Gasteiger partial charge on any atom is 0.389 e. The van der Waals surface area contributed by atoms with E-state index in [0.29, 0.717) is 0 Å². The lowest BCUT2D eigenvalue weighted by molar-refractivity contribution is -0.154. The summed E-state index contributed by atoms with van der Waals surface area (Å²) >= 11 is 0. The predicted octanol–water partition coefficient (Wildman–Crippen LogP) is 1.50. The van der Waals surface area contributed by atoms with E-state index in [1.807, 2.05) is 0 Å². The van der Waals surface area contributed by atoms with Crippen molar-refractivity contribution in [1.82, 2.24) is 0 Å². The number of carboxylic acids is 2. The quantitative estimate of drug-likeness (QED) is 0.727. The molecule has 0 spiro atoms. The van der Waals surface area contributed by atoms with Crippen LogP contribution in [0.25, 0.3) is 0 Å². The summed E-state index contributed by atoms with van der Waals surface area (Å²) in [5.74, 6) is -4.41. The minimum atomic E-state index is -4.45. The van der Waals surface area contributed by atoms with E-state index >= 15 is 0 Å². The lowest BCUT2D eigenvalue weighted by Crippen LogP contribution is -2.20. The second-order valence-electron chi connectivity index (χ2n) is 2.79. The van der Waals surface area contributed by atoms with Crippen molar-refractivity contribution in [3.05, 3.63) is 0 Å². The van der Waals surface area contributed by atoms with Crippen molar-refractivity contribution in [2.45, 2.75) is 25.4 Å². The minimum absolute atomic E-state index is 0.703. The van der Waals surface area contributed by atoms with Crippen molar-refractivity contribution in [2.24, 2.45) is 5.92 Å². The van der Waals surface area contributed by atoms with Gasteiger partial charge in [0.05, 0.1) is 12.3 Å². The molecule has 2 N–H and O–H groups in total. The molecule has 1 atom stereocenters. The zero-order valence-corrected chi connectivity index (χ0v) is 7.04. The van der Waals surface area contributed by atoms with Gasteiger partial charge in [0, 0.05) is 6.42 Å². The van der Waals surface area contributed by atoms with Gasteiger partial charge in [0.2, 0.25) is 0 Å². The van der Waals surface area contributed by atoms with Crippen LogP contribution >= 0.6 is 0 Å². The van der Waals surface area contributed by atoms with Crippen LogP contribution in [0.3, 0.4) is 0 Å². The lowest BCUT2D eigenvalue weighted by atomic mass is 10.00. The summed E-state index contributed by atoms with van der Waals surface area (Å²) in [4.78, 5) is 20.4. The molecule has 0 saturated carbocycles. The van der Waals surface area contributed by atoms with E-state index in [1.165, 1.54) is 0 Å². The summed E-state index contributed by atoms with van der Waals surface area (Å²) in [6.45, 7) is 0. The van der Waals surface area contributed by atoms with Crippen molar-refractivity contribution in [3.63, 3.8) is 0 Å². The summed E-state index contributed by atoms with van der Waals surface area (Å²) in [5, 5.41) is 16.6. The van der Waals surface area contributed by atoms with Crippen LogP contribution in [0.15, 0.2) is 0 Å². The molecule has 0 saturated heterocycles. The Morgan fingerprint density at radius 1 is 1.21 bits per heavy atom. The van der Waals surface area contributed by atoms with Gasteiger partial charge < -0.3 is 10.2 Å². The van der Waals surface area contributed by atoms with E-state index in [0.717, 1.165) is 0 Å². The molecular formula is C7H9F3O4. The summed E-state index contributed by atoms with van der Waals surface area (Å²) in [5.41, 5.74) is 0. The Bertz CT molecular complexity index is 223. The van der Waals surface area contributed by atoms with Gasteiger partial charge >= 0.3 is 18.1 Å². The standard InChI is InChI=1S/C7H9F3O4/c8-7(9,10)2-1-4(6(13)14)3-5(11)12/h4H,1-3H2,(H,11,12)(H,13,14). The summed E-state index contributed by atoms with van der Waals surface area (Å²) < 4.78 is 35.0. The van der Waals surface area contributed by atoms with Crippen molar-refractivity contribution >= 4 is 11.9 Å². The largest absolute Gasteiger partial charge is 0.481 e. The molecule has 4 nitrogen and oxygen atoms in total. The molecule has 0 aliphatic heterocycles. The summed E-state index contributed by atoms with van der Waals surface area (Å²) in [6.07, 6.45) is -7.22. The molecule has 0 aromatic heterocycles. The molecule has 0 rings (SSSR count). The van der Waals surface area contributed by atoms with Gasteiger partial charge in [-0.15, -0.1) is 0 Å². The molecule has 0 heterocycles. The van der Waals surface area contributed by atoms with Crippen LogP contribution in [-0.2, 0) is 9.59 Å². The monoisotopic (exact) mass is 214 g/mol. The van der Waals surface area contributed by atoms with E-state index in [2.05, 4.69) is 0 Å². The molecule has 14 heavy (non-hydrogen) atoms. The summed E-state index contributed by atoms with van der Waals surface area (Å²) in [6, 6.07) is 0. The van der Waals surface area contributed by atoms with Gasteiger partial charge in [-0.3, -0.25) is 9.59 Å². The Morgan fingerprint density at radius 3 is 2.00 bits per heavy atom. The lowest BCUT2D eigenvalue weighted by Gasteiger charge is -2.11. The Hall–Kier alpha value is -1.27. The van der Waals surface area contributed by atoms with Gasteiger partial charge in [0.1, 0.15) is 0 Å². The van der Waals surface area contributed by atoms with Gasteiger partial charge in [-0.25, -0.2) is 0 Å². The first-order valence-corrected chi connectivity index (χ1v) is 3.73. The third-order valence-corrected chi connectivity index (χ3v) is 1.55. The van der Waals surface area contributed by atoms with Crippen LogP contribution < -0.4 is 0 Å². The topological polar surface area (TPSA) is 74.6 Å². The van der Waals surface area contributed by atoms with Crippen LogP contribution in [0, 0.1) is 5.92 Å². The van der Waals surface area contributed by atoms with Crippen LogP contribution in [0.5, 0.6) is 0 Å². The molecule has 0 amide bonds. The van der Waals surface area contributed by atoms with E-state index < -0.39 is 43.3 Å². The number of carbonyl (C=O) groups is 2. The molecule has 0 aromatic carbocycles. The number of hydrogen-bond acceptors (Lipinski definition) is 2. The van der Waals surface area contributed by atoms with Crippen LogP contribution in [0.2, 0.25) is 0 Å². The third-order valence-electron chi connectivity index (χ3n) is 1.55. The van der Waals surface area contributed by atoms with Gasteiger partial charge in [-0.2, -0.15) is 13.2 Å². The number of aliphatic carboxylic acids is 2. The normalized spacial score (nSPS) is 13.6. The number of alkyl halides is 3. The molecule has 0 bridgehead atoms. The zero-order chi connectivity index (χ0) is 11.4. The first kappa shape index (κ1) is 12.7. The smallest absolute Gasteiger partial charge is 0.389 e. The van der Waals surface area contributed by atoms with Crippen LogP contribution in [0.1, 0.15) is 19.3 Å². The Kier molecular flexibility index (Phi) is 4.39. The van der Waals surface area contributed by atoms with Crippen molar-refractivity contribution in [2.75, 3.05) is 0 Å². The second kappa shape index (κ2) is 4.83. The predicted molar refractivity (Wildman–Crippen MR) is 38.7 cm³/mol. The first-order valence-electron chi connectivity index (χ1n) is 3.73. The molecule has 0 aliphatic carbocycles. The number of hydrogen-bond donors (Lipinski definition) is 2. The van der Waals surface area contributed by atoms with Crippen molar-refractivity contribution in [1.29, 1.82) is 0 Å². The third kappa shape index (κ3) is 6.27. The molecule has 7 heteroatoms. The van der Waals surface area contributed by atoms with Gasteiger partial charge in [-0.05, 0) is 6.42 Å². The molecule has 0 radical (unpaired) electrons. The fourth-order valence-electron chi connectivity index (χ4n) is 0.862. The van der Waals surface area contributed by atoms with Gasteiger partial charge in [-0.1, -0.05) is 0 Å². The van der Waals surface area contributed by atoms with E-state index in [9.17, 15) is 22.8 Å². The van der Waals surface area contributed by atoms with E-state index in [1.54, 1.807) is 0 Å². The van der Waals surface area contributed by atoms with Gasteiger partial charge in [0.15, 0.2) is 0 Å². The molecule has 0 fully saturated rings. The Morgan fingerprint density at radius 2 is 1.71 bits per heavy atom. The maximum atomic E-state index is 11.7. The fraction of sp³-hybridized carbons (Fsp3) is 0.714. The number of rotatable bonds is 5. The Balaban J connectivity index is 4.11. The number of carboxylic acid groups (broad SMARTS) is 2. The Labute approximate surface area is 77.3 Å². The van der Waals surface area contributed by atoms with Gasteiger partial charge in [0.25, 0.3) is 0 Å². The maximum absolute atomic E-state index is 11.7. The highest BCUT2D eigenvalue weighted by Gasteiger charge is 2.31. The van der Waals surface area contributed by atoms with E-state index in [-0.39, 0.29) is 0 Å². The summed E-state index contributed by atoms with van der Waals surface area (Å²) in [7, 11) is 0. The van der Waals surface area contributed by atoms with E-state index in [4.69, 9.17) is 10.2 Å². The fourth-order valence-corrected chi connectivity index (χ4v) is 0.862. The molecule has 0 aliphatic rings. The highest BCUT2D eigenvalue weighted by Crippen LogP contribution is 2.25. The van der Waals surface area contributed by atoms with Crippen LogP contribution in [0.4, 0.5) is 13.2 Å². The second-order valence-corrected chi connectivity index (χ2v) is 2.79. The average Bonchev–Trinajstić information content (AvgIpc) is 1.94. The van der Waals surface area contributed by atoms with Crippen molar-refractivity contribution in [3.8, 4) is 0 Å². The highest BCUT2D eigenvalue weighted by molar-refractivity contribution is 5.77. The number of halogens is 3. The first-order chi connectivity index (χ1) is 6.22. The van der Waals surface area contributed by atoms with Crippen molar-refractivity contribution < 1.29 is 33.0 Å². The molecule has 82 valence electrons. The highest BCUT2D eigenvalue weighted by atomic mass is 19.4. The molecule has 1 unspecified atom stereocenters. The SMILES string of the molecule is O=C(O)CC(CCC(F)(F)F)C(=O)O. The molecule has 0 aromatic rings. The van der Waals surface area contributed by atoms with Crippen LogP contribution in [-0.4, -0.2) is 28.3 Å².